The van der Waals surface area contributed by atoms with E-state index in [2.05, 4.69) is 26.2 Å². The maximum atomic E-state index is 5.67. The number of hydrogen-bond donors (Lipinski definition) is 1. The zero-order chi connectivity index (χ0) is 9.97. The summed E-state index contributed by atoms with van der Waals surface area (Å²) in [7, 11) is 0. The van der Waals surface area contributed by atoms with Gasteiger partial charge >= 0.3 is 0 Å². The maximum absolute atomic E-state index is 5.67. The van der Waals surface area contributed by atoms with Crippen LogP contribution < -0.4 is 5.73 Å². The van der Waals surface area contributed by atoms with Crippen molar-refractivity contribution >= 4 is 15.9 Å². The average Bonchev–Trinajstić information content (AvgIpc) is 2.70. The number of aromatic nitrogens is 3. The van der Waals surface area contributed by atoms with Gasteiger partial charge in [0.25, 0.3) is 0 Å². The number of rotatable bonds is 2. The molecule has 0 bridgehead atoms. The van der Waals surface area contributed by atoms with Crippen molar-refractivity contribution in [3.63, 3.8) is 0 Å². The Kier molecular flexibility index (Phi) is 2.60. The van der Waals surface area contributed by atoms with Crippen LogP contribution in [0.2, 0.25) is 0 Å². The predicted octanol–water partition coefficient (Wildman–Crippen LogP) is 1.49. The fourth-order valence-electron chi connectivity index (χ4n) is 1.30. The fraction of sp³-hybridized carbons (Fsp3) is 0.111. The normalized spacial score (nSPS) is 10.4. The minimum atomic E-state index is 0.469. The highest BCUT2D eigenvalue weighted by molar-refractivity contribution is 9.10. The van der Waals surface area contributed by atoms with E-state index >= 15 is 0 Å². The van der Waals surface area contributed by atoms with Crippen molar-refractivity contribution in [2.45, 2.75) is 6.54 Å². The Bertz CT molecular complexity index is 424. The summed E-state index contributed by atoms with van der Waals surface area (Å²) >= 11 is 3.45. The Morgan fingerprint density at radius 1 is 1.43 bits per heavy atom. The fourth-order valence-corrected chi connectivity index (χ4v) is 1.82. The molecule has 0 fully saturated rings. The molecular formula is C9H9BrN4. The molecule has 2 N–H and O–H groups in total. The molecule has 0 spiro atoms. The first-order valence-corrected chi connectivity index (χ1v) is 4.96. The van der Waals surface area contributed by atoms with Crippen LogP contribution in [0.1, 0.15) is 5.56 Å². The molecule has 14 heavy (non-hydrogen) atoms. The average molecular weight is 253 g/mol. The summed E-state index contributed by atoms with van der Waals surface area (Å²) in [5.74, 6) is 0. The van der Waals surface area contributed by atoms with Crippen molar-refractivity contribution < 1.29 is 0 Å². The van der Waals surface area contributed by atoms with Crippen LogP contribution in [-0.2, 0) is 6.54 Å². The molecule has 0 atom stereocenters. The van der Waals surface area contributed by atoms with Gasteiger partial charge in [0.05, 0.1) is 18.1 Å². The van der Waals surface area contributed by atoms with Gasteiger partial charge in [0.2, 0.25) is 0 Å². The van der Waals surface area contributed by atoms with Crippen LogP contribution in [0, 0.1) is 0 Å². The lowest BCUT2D eigenvalue weighted by atomic mass is 10.2. The van der Waals surface area contributed by atoms with Gasteiger partial charge in [-0.05, 0) is 12.1 Å². The largest absolute Gasteiger partial charge is 0.326 e. The van der Waals surface area contributed by atoms with Gasteiger partial charge in [-0.3, -0.25) is 0 Å². The third kappa shape index (κ3) is 1.56. The highest BCUT2D eigenvalue weighted by atomic mass is 79.9. The molecule has 0 saturated carbocycles. The van der Waals surface area contributed by atoms with Crippen LogP contribution in [0.25, 0.3) is 5.69 Å². The van der Waals surface area contributed by atoms with Gasteiger partial charge in [-0.2, -0.15) is 0 Å². The van der Waals surface area contributed by atoms with Gasteiger partial charge in [0.1, 0.15) is 0 Å². The summed E-state index contributed by atoms with van der Waals surface area (Å²) in [6, 6.07) is 5.87. The Labute approximate surface area is 89.9 Å². The summed E-state index contributed by atoms with van der Waals surface area (Å²) in [4.78, 5) is 0. The molecule has 4 nitrogen and oxygen atoms in total. The second-order valence-corrected chi connectivity index (χ2v) is 3.64. The summed E-state index contributed by atoms with van der Waals surface area (Å²) in [5, 5.41) is 7.69. The molecule has 1 aromatic heterocycles. The SMILES string of the molecule is NCc1c(Br)cccc1-n1ccnn1. The van der Waals surface area contributed by atoms with Crippen LogP contribution in [0.3, 0.4) is 0 Å². The molecule has 0 aliphatic rings. The van der Waals surface area contributed by atoms with Crippen molar-refractivity contribution in [3.8, 4) is 5.69 Å². The molecule has 72 valence electrons. The van der Waals surface area contributed by atoms with E-state index in [9.17, 15) is 0 Å². The summed E-state index contributed by atoms with van der Waals surface area (Å²) in [6.45, 7) is 0.469. The van der Waals surface area contributed by atoms with Crippen molar-refractivity contribution in [3.05, 3.63) is 40.6 Å². The third-order valence-corrected chi connectivity index (χ3v) is 2.71. The van der Waals surface area contributed by atoms with E-state index in [0.29, 0.717) is 6.54 Å². The Balaban J connectivity index is 2.58. The topological polar surface area (TPSA) is 56.7 Å². The van der Waals surface area contributed by atoms with Gasteiger partial charge in [-0.1, -0.05) is 27.2 Å². The van der Waals surface area contributed by atoms with Crippen molar-refractivity contribution in [2.24, 2.45) is 5.73 Å². The second kappa shape index (κ2) is 3.89. The first-order valence-electron chi connectivity index (χ1n) is 4.17. The lowest BCUT2D eigenvalue weighted by molar-refractivity contribution is 0.790. The smallest absolute Gasteiger partial charge is 0.0719 e. The van der Waals surface area contributed by atoms with Crippen molar-refractivity contribution in [2.75, 3.05) is 0 Å². The van der Waals surface area contributed by atoms with Gasteiger partial charge in [-0.25, -0.2) is 4.68 Å². The highest BCUT2D eigenvalue weighted by Crippen LogP contribution is 2.22. The van der Waals surface area contributed by atoms with Gasteiger partial charge < -0.3 is 5.73 Å². The minimum absolute atomic E-state index is 0.469. The molecule has 0 unspecified atom stereocenters. The van der Waals surface area contributed by atoms with E-state index < -0.39 is 0 Å². The lowest BCUT2D eigenvalue weighted by Gasteiger charge is -2.08. The van der Waals surface area contributed by atoms with Crippen LogP contribution in [0.15, 0.2) is 35.1 Å². The lowest BCUT2D eigenvalue weighted by Crippen LogP contribution is -2.05. The maximum Gasteiger partial charge on any atom is 0.0719 e. The Morgan fingerprint density at radius 3 is 2.93 bits per heavy atom. The number of nitrogens with zero attached hydrogens (tertiary/aromatic N) is 3. The monoisotopic (exact) mass is 252 g/mol. The van der Waals surface area contributed by atoms with Gasteiger partial charge in [0.15, 0.2) is 0 Å². The number of hydrogen-bond acceptors (Lipinski definition) is 3. The van der Waals surface area contributed by atoms with E-state index in [1.54, 1.807) is 17.1 Å². The number of nitrogens with two attached hydrogens (primary N) is 1. The standard InChI is InChI=1S/C9H9BrN4/c10-8-2-1-3-9(7(8)6-11)14-5-4-12-13-14/h1-5H,6,11H2. The van der Waals surface area contributed by atoms with Gasteiger partial charge in [0, 0.05) is 16.6 Å². The first-order chi connectivity index (χ1) is 6.83. The summed E-state index contributed by atoms with van der Waals surface area (Å²) in [5.41, 5.74) is 7.65. The van der Waals surface area contributed by atoms with Crippen molar-refractivity contribution in [1.29, 1.82) is 0 Å². The van der Waals surface area contributed by atoms with Crippen LogP contribution >= 0.6 is 15.9 Å². The molecule has 5 heteroatoms. The zero-order valence-electron chi connectivity index (χ0n) is 7.39. The molecule has 1 aromatic carbocycles. The highest BCUT2D eigenvalue weighted by Gasteiger charge is 2.06. The van der Waals surface area contributed by atoms with E-state index in [4.69, 9.17) is 5.73 Å². The van der Waals surface area contributed by atoms with Crippen LogP contribution in [-0.4, -0.2) is 15.0 Å². The van der Waals surface area contributed by atoms with E-state index in [-0.39, 0.29) is 0 Å². The van der Waals surface area contributed by atoms with Crippen LogP contribution in [0.4, 0.5) is 0 Å². The quantitative estimate of drug-likeness (QED) is 0.882. The van der Waals surface area contributed by atoms with E-state index in [1.807, 2.05) is 18.2 Å². The molecule has 0 saturated heterocycles. The predicted molar refractivity (Wildman–Crippen MR) is 57.0 cm³/mol. The Morgan fingerprint density at radius 2 is 2.29 bits per heavy atom. The molecule has 1 heterocycles. The molecule has 0 radical (unpaired) electrons. The molecule has 0 aliphatic carbocycles. The Hall–Kier alpha value is -1.20. The zero-order valence-corrected chi connectivity index (χ0v) is 8.98. The summed E-state index contributed by atoms with van der Waals surface area (Å²) < 4.78 is 2.69. The molecule has 2 aromatic rings. The number of benzene rings is 1. The van der Waals surface area contributed by atoms with Crippen LogP contribution in [0.5, 0.6) is 0 Å². The molecule has 0 amide bonds. The van der Waals surface area contributed by atoms with Gasteiger partial charge in [-0.15, -0.1) is 5.10 Å². The number of halogens is 1. The first kappa shape index (κ1) is 9.36. The second-order valence-electron chi connectivity index (χ2n) is 2.79. The molecule has 0 aliphatic heterocycles. The van der Waals surface area contributed by atoms with E-state index in [0.717, 1.165) is 15.7 Å². The van der Waals surface area contributed by atoms with E-state index in [1.165, 1.54) is 0 Å². The summed E-state index contributed by atoms with van der Waals surface area (Å²) in [6.07, 6.45) is 3.43. The minimum Gasteiger partial charge on any atom is -0.326 e. The third-order valence-electron chi connectivity index (χ3n) is 1.97. The molecule has 2 rings (SSSR count). The molecular weight excluding hydrogens is 244 g/mol. The van der Waals surface area contributed by atoms with Crippen molar-refractivity contribution in [1.82, 2.24) is 15.0 Å².